The number of hydrogen-bond acceptors (Lipinski definition) is 8. The average Bonchev–Trinajstić information content (AvgIpc) is 3.34. The summed E-state index contributed by atoms with van der Waals surface area (Å²) in [5.41, 5.74) is 2.42. The Balaban J connectivity index is 0.00000380. The Morgan fingerprint density at radius 1 is 1.03 bits per heavy atom. The van der Waals surface area contributed by atoms with Crippen molar-refractivity contribution in [2.75, 3.05) is 25.2 Å². The number of carboxylic acid groups (broad SMARTS) is 1. The zero-order valence-corrected chi connectivity index (χ0v) is 23.4. The van der Waals surface area contributed by atoms with Gasteiger partial charge in [-0.3, -0.25) is 0 Å². The van der Waals surface area contributed by atoms with E-state index in [1.165, 1.54) is 0 Å². The minimum Gasteiger partial charge on any atom is -0.546 e. The number of para-hydroxylation sites is 2. The van der Waals surface area contributed by atoms with Crippen LogP contribution in [0.1, 0.15) is 25.3 Å². The number of hydrogen-bond donors (Lipinski definition) is 0. The monoisotopic (exact) mass is 512 g/mol. The summed E-state index contributed by atoms with van der Waals surface area (Å²) in [6.07, 6.45) is 0.0442. The molecule has 0 amide bonds. The number of ether oxygens (including phenoxy) is 3. The number of nitrogens with zero attached hydrogens (tertiary/aromatic N) is 2. The fourth-order valence-corrected chi connectivity index (χ4v) is 3.75. The summed E-state index contributed by atoms with van der Waals surface area (Å²) >= 11 is 0. The van der Waals surface area contributed by atoms with E-state index in [-0.39, 0.29) is 29.6 Å². The largest absolute Gasteiger partial charge is 1.00 e. The van der Waals surface area contributed by atoms with Gasteiger partial charge in [0.25, 0.3) is 6.01 Å². The van der Waals surface area contributed by atoms with Crippen LogP contribution in [0, 0.1) is 0 Å². The summed E-state index contributed by atoms with van der Waals surface area (Å²) in [6.45, 7) is 3.38. The summed E-state index contributed by atoms with van der Waals surface area (Å²) in [7, 11) is 1.63. The number of oxazole rings is 1. The van der Waals surface area contributed by atoms with Gasteiger partial charge in [0, 0.05) is 13.1 Å². The Bertz CT molecular complexity index is 1240. The number of rotatable bonds is 13. The van der Waals surface area contributed by atoms with Crippen molar-refractivity contribution in [1.29, 1.82) is 0 Å². The van der Waals surface area contributed by atoms with Gasteiger partial charge in [-0.15, -0.1) is 0 Å². The summed E-state index contributed by atoms with van der Waals surface area (Å²) < 4.78 is 22.7. The zero-order chi connectivity index (χ0) is 25.3. The predicted molar refractivity (Wildman–Crippen MR) is 134 cm³/mol. The molecular weight excluding hydrogens is 483 g/mol. The first-order valence-electron chi connectivity index (χ1n) is 11.9. The van der Waals surface area contributed by atoms with Crippen molar-refractivity contribution >= 4 is 23.1 Å². The van der Waals surface area contributed by atoms with Crippen molar-refractivity contribution in [2.24, 2.45) is 0 Å². The zero-order valence-electron chi connectivity index (χ0n) is 21.4. The molecule has 1 aromatic heterocycles. The molecule has 0 bridgehead atoms. The molecular formula is C28H29N2NaO6. The van der Waals surface area contributed by atoms with Gasteiger partial charge in [0.2, 0.25) is 0 Å². The Morgan fingerprint density at radius 3 is 2.49 bits per heavy atom. The van der Waals surface area contributed by atoms with Crippen LogP contribution in [-0.2, 0) is 11.3 Å². The van der Waals surface area contributed by atoms with E-state index in [4.69, 9.17) is 18.6 Å². The molecule has 0 saturated carbocycles. The molecule has 0 spiro atoms. The van der Waals surface area contributed by atoms with E-state index in [9.17, 15) is 9.90 Å². The molecule has 0 fully saturated rings. The number of anilines is 1. The van der Waals surface area contributed by atoms with Crippen molar-refractivity contribution < 1.29 is 58.1 Å². The van der Waals surface area contributed by atoms with Crippen LogP contribution in [0.25, 0.3) is 11.1 Å². The molecule has 0 aliphatic rings. The normalized spacial score (nSPS) is 11.4. The van der Waals surface area contributed by atoms with Gasteiger partial charge in [0.05, 0.1) is 19.7 Å². The van der Waals surface area contributed by atoms with Gasteiger partial charge in [-0.25, -0.2) is 0 Å². The molecule has 37 heavy (non-hydrogen) atoms. The van der Waals surface area contributed by atoms with E-state index in [0.717, 1.165) is 29.0 Å². The second-order valence-corrected chi connectivity index (χ2v) is 8.24. The van der Waals surface area contributed by atoms with Crippen LogP contribution in [0.5, 0.6) is 17.2 Å². The Hall–Kier alpha value is -3.20. The Kier molecular flexibility index (Phi) is 10.7. The molecule has 4 rings (SSSR count). The fourth-order valence-electron chi connectivity index (χ4n) is 3.75. The van der Waals surface area contributed by atoms with E-state index in [1.54, 1.807) is 20.1 Å². The van der Waals surface area contributed by atoms with Crippen LogP contribution >= 0.6 is 0 Å². The van der Waals surface area contributed by atoms with Crippen molar-refractivity contribution in [3.8, 4) is 17.2 Å². The van der Waals surface area contributed by atoms with Crippen LogP contribution in [0.4, 0.5) is 6.01 Å². The smallest absolute Gasteiger partial charge is 0.546 e. The van der Waals surface area contributed by atoms with Crippen molar-refractivity contribution in [3.63, 3.8) is 0 Å². The van der Waals surface area contributed by atoms with Gasteiger partial charge in [0.1, 0.15) is 28.9 Å². The number of methoxy groups -OCH3 is 1. The Labute approximate surface area is 238 Å². The SMILES string of the molecule is CC[C@@H](Oc1cccc(CN(CCCOc2ccc(OC)cc2)c2nc3ccccc3o2)c1)C(=O)[O-].[Na+]. The number of aromatic nitrogens is 1. The second-order valence-electron chi connectivity index (χ2n) is 8.24. The molecule has 0 unspecified atom stereocenters. The second kappa shape index (κ2) is 13.9. The number of aliphatic carboxylic acids is 1. The van der Waals surface area contributed by atoms with E-state index >= 15 is 0 Å². The molecule has 188 valence electrons. The minimum atomic E-state index is -1.23. The number of carboxylic acids is 1. The van der Waals surface area contributed by atoms with E-state index in [2.05, 4.69) is 4.98 Å². The van der Waals surface area contributed by atoms with E-state index in [1.807, 2.05) is 71.6 Å². The van der Waals surface area contributed by atoms with Gasteiger partial charge < -0.3 is 33.4 Å². The molecule has 0 saturated heterocycles. The van der Waals surface area contributed by atoms with Crippen LogP contribution in [-0.4, -0.2) is 37.3 Å². The van der Waals surface area contributed by atoms with Gasteiger partial charge in [-0.05, 0) is 66.9 Å². The number of carbonyl (C=O) groups is 1. The maximum absolute atomic E-state index is 11.3. The molecule has 9 heteroatoms. The summed E-state index contributed by atoms with van der Waals surface area (Å²) in [4.78, 5) is 18.0. The molecule has 1 atom stereocenters. The first-order valence-corrected chi connectivity index (χ1v) is 11.9. The summed E-state index contributed by atoms with van der Waals surface area (Å²) in [5, 5.41) is 11.3. The molecule has 0 aliphatic heterocycles. The van der Waals surface area contributed by atoms with Crippen molar-refractivity contribution in [2.45, 2.75) is 32.4 Å². The van der Waals surface area contributed by atoms with Gasteiger partial charge >= 0.3 is 29.6 Å². The topological polar surface area (TPSA) is 97.1 Å². The van der Waals surface area contributed by atoms with Crippen LogP contribution in [0.3, 0.4) is 0 Å². The minimum absolute atomic E-state index is 0. The predicted octanol–water partition coefficient (Wildman–Crippen LogP) is 1.22. The van der Waals surface area contributed by atoms with Crippen molar-refractivity contribution in [1.82, 2.24) is 4.98 Å². The third-order valence-electron chi connectivity index (χ3n) is 5.64. The fraction of sp³-hybridized carbons (Fsp3) is 0.286. The first kappa shape index (κ1) is 28.4. The summed E-state index contributed by atoms with van der Waals surface area (Å²) in [5.74, 6) is 0.796. The third-order valence-corrected chi connectivity index (χ3v) is 5.64. The first-order chi connectivity index (χ1) is 17.6. The van der Waals surface area contributed by atoms with Gasteiger partial charge in [-0.1, -0.05) is 31.2 Å². The van der Waals surface area contributed by atoms with Crippen molar-refractivity contribution in [3.05, 3.63) is 78.4 Å². The van der Waals surface area contributed by atoms with Crippen LogP contribution in [0.2, 0.25) is 0 Å². The molecule has 0 radical (unpaired) electrons. The molecule has 4 aromatic rings. The van der Waals surface area contributed by atoms with Gasteiger partial charge in [0.15, 0.2) is 5.58 Å². The number of fused-ring (bicyclic) bond motifs is 1. The number of benzene rings is 3. The molecule has 8 nitrogen and oxygen atoms in total. The molecule has 3 aromatic carbocycles. The van der Waals surface area contributed by atoms with Gasteiger partial charge in [-0.2, -0.15) is 4.98 Å². The van der Waals surface area contributed by atoms with Crippen LogP contribution < -0.4 is 53.8 Å². The summed E-state index contributed by atoms with van der Waals surface area (Å²) in [6, 6.07) is 23.0. The quantitative estimate of drug-likeness (QED) is 0.195. The van der Waals surface area contributed by atoms with Crippen LogP contribution in [0.15, 0.2) is 77.2 Å². The standard InChI is InChI=1S/C28H30N2O6.Na/c1-3-25(27(31)32)35-23-9-6-8-20(18-23)19-30(28-29-24-10-4-5-11-26(24)36-28)16-7-17-34-22-14-12-21(33-2)13-15-22;/h4-6,8-15,18,25H,3,7,16-17,19H2,1-2H3,(H,31,32);/q;+1/p-1/t25-;/m1./s1. The molecule has 0 aliphatic carbocycles. The molecule has 1 heterocycles. The Morgan fingerprint density at radius 2 is 1.78 bits per heavy atom. The number of carbonyl (C=O) groups excluding carboxylic acids is 1. The van der Waals surface area contributed by atoms with E-state index < -0.39 is 12.1 Å². The molecule has 0 N–H and O–H groups in total. The van der Waals surface area contributed by atoms with E-state index in [0.29, 0.717) is 43.5 Å². The maximum Gasteiger partial charge on any atom is 1.00 e. The average molecular weight is 513 g/mol. The maximum atomic E-state index is 11.3. The third kappa shape index (κ3) is 7.89.